The Bertz CT molecular complexity index is 428. The minimum absolute atomic E-state index is 0.194. The van der Waals surface area contributed by atoms with Gasteiger partial charge in [0.15, 0.2) is 0 Å². The average Bonchev–Trinajstić information content (AvgIpc) is 2.58. The van der Waals surface area contributed by atoms with Gasteiger partial charge in [-0.15, -0.1) is 0 Å². The third-order valence-corrected chi connectivity index (χ3v) is 4.06. The molecule has 1 aliphatic rings. The highest BCUT2D eigenvalue weighted by molar-refractivity contribution is 5.67. The molecular weight excluding hydrogens is 276 g/mol. The van der Waals surface area contributed by atoms with Gasteiger partial charge in [-0.1, -0.05) is 56.5 Å². The lowest BCUT2D eigenvalue weighted by Gasteiger charge is -2.34. The Balaban J connectivity index is 1.62. The van der Waals surface area contributed by atoms with E-state index in [0.717, 1.165) is 44.7 Å². The van der Waals surface area contributed by atoms with Crippen molar-refractivity contribution in [1.29, 1.82) is 0 Å². The third-order valence-electron chi connectivity index (χ3n) is 4.06. The van der Waals surface area contributed by atoms with Crippen LogP contribution < -0.4 is 0 Å². The van der Waals surface area contributed by atoms with Gasteiger partial charge in [0.1, 0.15) is 6.61 Å². The van der Waals surface area contributed by atoms with Crippen LogP contribution in [0.2, 0.25) is 0 Å². The van der Waals surface area contributed by atoms with E-state index in [4.69, 9.17) is 4.74 Å². The van der Waals surface area contributed by atoms with E-state index in [1.165, 1.54) is 19.3 Å². The Labute approximate surface area is 134 Å². The van der Waals surface area contributed by atoms with Gasteiger partial charge in [0, 0.05) is 26.2 Å². The van der Waals surface area contributed by atoms with Crippen LogP contribution in [-0.4, -0.2) is 48.6 Å². The van der Waals surface area contributed by atoms with Gasteiger partial charge in [-0.3, -0.25) is 4.90 Å². The fourth-order valence-electron chi connectivity index (χ4n) is 2.65. The Morgan fingerprint density at radius 2 is 1.77 bits per heavy atom. The number of carbonyl (C=O) groups excluding carboxylic acids is 1. The van der Waals surface area contributed by atoms with Crippen molar-refractivity contribution >= 4 is 6.09 Å². The molecule has 1 aromatic rings. The molecule has 121 valence electrons. The molecule has 1 fully saturated rings. The first-order chi connectivity index (χ1) is 10.8. The van der Waals surface area contributed by atoms with Crippen LogP contribution in [0.25, 0.3) is 0 Å². The van der Waals surface area contributed by atoms with Crippen molar-refractivity contribution in [1.82, 2.24) is 9.80 Å². The molecule has 0 atom stereocenters. The predicted molar refractivity (Wildman–Crippen MR) is 88.5 cm³/mol. The SMILES string of the molecule is [CH2]CCCCCN1CCN(C(=O)OCc2ccccc2)CC1. The second-order valence-corrected chi connectivity index (χ2v) is 5.78. The predicted octanol–water partition coefficient (Wildman–Crippen LogP) is 3.34. The topological polar surface area (TPSA) is 32.8 Å². The Kier molecular flexibility index (Phi) is 7.23. The summed E-state index contributed by atoms with van der Waals surface area (Å²) in [5.74, 6) is 0. The van der Waals surface area contributed by atoms with Gasteiger partial charge in [0.25, 0.3) is 0 Å². The normalized spacial score (nSPS) is 15.8. The summed E-state index contributed by atoms with van der Waals surface area (Å²) in [6, 6.07) is 9.81. The molecule has 1 aliphatic heterocycles. The molecule has 0 saturated carbocycles. The Hall–Kier alpha value is -1.55. The largest absolute Gasteiger partial charge is 0.445 e. The Morgan fingerprint density at radius 3 is 2.45 bits per heavy atom. The molecule has 0 spiro atoms. The second kappa shape index (κ2) is 9.46. The van der Waals surface area contributed by atoms with Crippen LogP contribution in [0.4, 0.5) is 4.79 Å². The quantitative estimate of drug-likeness (QED) is 0.724. The zero-order valence-corrected chi connectivity index (χ0v) is 13.4. The molecule has 4 heteroatoms. The van der Waals surface area contributed by atoms with E-state index in [1.807, 2.05) is 35.2 Å². The third kappa shape index (κ3) is 5.68. The lowest BCUT2D eigenvalue weighted by atomic mass is 10.2. The van der Waals surface area contributed by atoms with E-state index in [0.29, 0.717) is 6.61 Å². The average molecular weight is 303 g/mol. The highest BCUT2D eigenvalue weighted by Crippen LogP contribution is 2.08. The van der Waals surface area contributed by atoms with Crippen molar-refractivity contribution < 1.29 is 9.53 Å². The second-order valence-electron chi connectivity index (χ2n) is 5.78. The maximum atomic E-state index is 12.1. The number of ether oxygens (including phenoxy) is 1. The van der Waals surface area contributed by atoms with Crippen LogP contribution in [0.1, 0.15) is 31.2 Å². The number of hydrogen-bond acceptors (Lipinski definition) is 3. The molecule has 1 saturated heterocycles. The maximum Gasteiger partial charge on any atom is 0.410 e. The van der Waals surface area contributed by atoms with Crippen molar-refractivity contribution in [2.45, 2.75) is 32.3 Å². The van der Waals surface area contributed by atoms with Gasteiger partial charge in [-0.05, 0) is 18.5 Å². The summed E-state index contributed by atoms with van der Waals surface area (Å²) in [4.78, 5) is 16.3. The smallest absolute Gasteiger partial charge is 0.410 e. The lowest BCUT2D eigenvalue weighted by Crippen LogP contribution is -2.48. The van der Waals surface area contributed by atoms with Gasteiger partial charge < -0.3 is 9.64 Å². The fourth-order valence-corrected chi connectivity index (χ4v) is 2.65. The minimum atomic E-state index is -0.194. The van der Waals surface area contributed by atoms with Crippen LogP contribution >= 0.6 is 0 Å². The number of piperazine rings is 1. The maximum absolute atomic E-state index is 12.1. The van der Waals surface area contributed by atoms with E-state index in [1.54, 1.807) is 0 Å². The summed E-state index contributed by atoms with van der Waals surface area (Å²) in [7, 11) is 0. The van der Waals surface area contributed by atoms with Gasteiger partial charge in [0.2, 0.25) is 0 Å². The van der Waals surface area contributed by atoms with Crippen LogP contribution in [0, 0.1) is 6.92 Å². The van der Waals surface area contributed by atoms with Crippen molar-refractivity contribution in [3.8, 4) is 0 Å². The van der Waals surface area contributed by atoms with Gasteiger partial charge in [0.05, 0.1) is 0 Å². The first-order valence-corrected chi connectivity index (χ1v) is 8.27. The molecule has 0 unspecified atom stereocenters. The first kappa shape index (κ1) is 16.8. The van der Waals surface area contributed by atoms with E-state index < -0.39 is 0 Å². The zero-order valence-electron chi connectivity index (χ0n) is 13.4. The van der Waals surface area contributed by atoms with E-state index >= 15 is 0 Å². The van der Waals surface area contributed by atoms with E-state index in [-0.39, 0.29) is 6.09 Å². The van der Waals surface area contributed by atoms with Crippen LogP contribution in [0.5, 0.6) is 0 Å². The summed E-state index contributed by atoms with van der Waals surface area (Å²) in [6.45, 7) is 8.78. The number of hydrogen-bond donors (Lipinski definition) is 0. The summed E-state index contributed by atoms with van der Waals surface area (Å²) >= 11 is 0. The monoisotopic (exact) mass is 303 g/mol. The van der Waals surface area contributed by atoms with Gasteiger partial charge in [-0.2, -0.15) is 0 Å². The number of amides is 1. The molecule has 0 aliphatic carbocycles. The zero-order chi connectivity index (χ0) is 15.6. The highest BCUT2D eigenvalue weighted by atomic mass is 16.6. The molecule has 1 heterocycles. The van der Waals surface area contributed by atoms with Crippen LogP contribution in [0.3, 0.4) is 0 Å². The molecule has 1 aromatic carbocycles. The molecule has 1 radical (unpaired) electrons. The molecule has 22 heavy (non-hydrogen) atoms. The summed E-state index contributed by atoms with van der Waals surface area (Å²) in [5.41, 5.74) is 1.03. The van der Waals surface area contributed by atoms with Gasteiger partial charge in [-0.25, -0.2) is 4.79 Å². The van der Waals surface area contributed by atoms with Crippen molar-refractivity contribution in [3.05, 3.63) is 42.8 Å². The molecule has 0 bridgehead atoms. The molecule has 1 amide bonds. The molecule has 0 aromatic heterocycles. The summed E-state index contributed by atoms with van der Waals surface area (Å²) in [5, 5.41) is 0. The number of rotatable bonds is 7. The molecule has 0 N–H and O–H groups in total. The van der Waals surface area contributed by atoms with E-state index in [2.05, 4.69) is 11.8 Å². The number of nitrogens with zero attached hydrogens (tertiary/aromatic N) is 2. The van der Waals surface area contributed by atoms with Crippen molar-refractivity contribution in [2.75, 3.05) is 32.7 Å². The molecule has 4 nitrogen and oxygen atoms in total. The Morgan fingerprint density at radius 1 is 1.05 bits per heavy atom. The van der Waals surface area contributed by atoms with Crippen molar-refractivity contribution in [3.63, 3.8) is 0 Å². The fraction of sp³-hybridized carbons (Fsp3) is 0.556. The van der Waals surface area contributed by atoms with Crippen molar-refractivity contribution in [2.24, 2.45) is 0 Å². The summed E-state index contributed by atoms with van der Waals surface area (Å²) in [6.07, 6.45) is 4.53. The first-order valence-electron chi connectivity index (χ1n) is 8.27. The minimum Gasteiger partial charge on any atom is -0.445 e. The number of benzene rings is 1. The molecular formula is C18H27N2O2. The number of unbranched alkanes of at least 4 members (excludes halogenated alkanes) is 3. The number of carbonyl (C=O) groups is 1. The van der Waals surface area contributed by atoms with Crippen LogP contribution in [0.15, 0.2) is 30.3 Å². The van der Waals surface area contributed by atoms with Gasteiger partial charge >= 0.3 is 6.09 Å². The van der Waals surface area contributed by atoms with Crippen LogP contribution in [-0.2, 0) is 11.3 Å². The standard InChI is InChI=1S/C18H27N2O2/c1-2-3-4-8-11-19-12-14-20(15-13-19)18(21)22-16-17-9-6-5-7-10-17/h5-7,9-10H,1-4,8,11-16H2. The van der Waals surface area contributed by atoms with E-state index in [9.17, 15) is 4.79 Å². The summed E-state index contributed by atoms with van der Waals surface area (Å²) < 4.78 is 5.38. The highest BCUT2D eigenvalue weighted by Gasteiger charge is 2.21. The lowest BCUT2D eigenvalue weighted by molar-refractivity contribution is 0.0713. The molecule has 2 rings (SSSR count).